The van der Waals surface area contributed by atoms with Crippen LogP contribution in [0.1, 0.15) is 56.5 Å². The molecule has 0 aliphatic heterocycles. The van der Waals surface area contributed by atoms with Gasteiger partial charge in [-0.25, -0.2) is 0 Å². The van der Waals surface area contributed by atoms with Gasteiger partial charge in [-0.05, 0) is 86.4 Å². The number of aryl methyl sites for hydroxylation is 1. The number of hydrogen-bond acceptors (Lipinski definition) is 4. The minimum atomic E-state index is 0. The predicted octanol–water partition coefficient (Wildman–Crippen LogP) is 6.51. The van der Waals surface area contributed by atoms with Crippen LogP contribution >= 0.6 is 31.9 Å². The van der Waals surface area contributed by atoms with Gasteiger partial charge in [-0.1, -0.05) is 20.4 Å². The lowest BCUT2D eigenvalue weighted by Crippen LogP contribution is -2.30. The lowest BCUT2D eigenvalue weighted by molar-refractivity contribution is -0.128. The normalized spacial score (nSPS) is 13.1. The predicted molar refractivity (Wildman–Crippen MR) is 142 cm³/mol. The number of phenolic OH excluding ortho intramolecular Hbond substituents is 1. The smallest absolute Gasteiger partial charge is 0.219 e. The van der Waals surface area contributed by atoms with E-state index in [0.717, 1.165) is 58.2 Å². The Kier molecular flexibility index (Phi) is 11.2. The highest BCUT2D eigenvalue weighted by atomic mass is 79.9. The Balaban J connectivity index is 0.00000166. The summed E-state index contributed by atoms with van der Waals surface area (Å²) in [5.41, 5.74) is 11.5. The maximum atomic E-state index is 11.9. The average molecular weight is 567 g/mol. The Morgan fingerprint density at radius 2 is 1.97 bits per heavy atom. The van der Waals surface area contributed by atoms with E-state index < -0.39 is 0 Å². The van der Waals surface area contributed by atoms with Gasteiger partial charge in [0.25, 0.3) is 0 Å². The van der Waals surface area contributed by atoms with E-state index in [1.807, 2.05) is 11.0 Å². The lowest BCUT2D eigenvalue weighted by atomic mass is 9.95. The molecule has 3 N–H and O–H groups in total. The first kappa shape index (κ1) is 27.9. The first-order chi connectivity index (χ1) is 14.8. The number of anilines is 1. The van der Waals surface area contributed by atoms with E-state index in [1.165, 1.54) is 0 Å². The molecule has 0 bridgehead atoms. The molecule has 1 aromatic carbocycles. The lowest BCUT2D eigenvalue weighted by Gasteiger charge is -2.20. The summed E-state index contributed by atoms with van der Waals surface area (Å²) in [7, 11) is 0. The maximum absolute atomic E-state index is 11.9. The number of nitrogen functional groups attached to an aromatic ring is 1. The summed E-state index contributed by atoms with van der Waals surface area (Å²) in [5, 5.41) is 10.3. The minimum absolute atomic E-state index is 0. The van der Waals surface area contributed by atoms with Crippen molar-refractivity contribution in [2.75, 3.05) is 18.8 Å². The summed E-state index contributed by atoms with van der Waals surface area (Å²) in [4.78, 5) is 18.4. The Bertz CT molecular complexity index is 990. The molecule has 1 aliphatic rings. The largest absolute Gasteiger partial charge is 0.505 e. The van der Waals surface area contributed by atoms with Crippen molar-refractivity contribution in [3.63, 3.8) is 0 Å². The summed E-state index contributed by atoms with van der Waals surface area (Å²) in [5.74, 6) is 0.166. The highest BCUT2D eigenvalue weighted by molar-refractivity contribution is 9.10. The Hall–Kier alpha value is -2.12. The van der Waals surface area contributed by atoms with E-state index in [9.17, 15) is 9.90 Å². The molecule has 1 heterocycles. The third-order valence-corrected chi connectivity index (χ3v) is 6.47. The second-order valence-electron chi connectivity index (χ2n) is 7.23. The Morgan fingerprint density at radius 1 is 1.28 bits per heavy atom. The molecule has 0 atom stereocenters. The Labute approximate surface area is 208 Å². The van der Waals surface area contributed by atoms with Crippen molar-refractivity contribution in [1.29, 1.82) is 0 Å². The quantitative estimate of drug-likeness (QED) is 0.245. The van der Waals surface area contributed by atoms with Gasteiger partial charge in [0, 0.05) is 36.3 Å². The molecule has 0 unspecified atom stereocenters. The molecular weight excluding hydrogens is 534 g/mol. The van der Waals surface area contributed by atoms with E-state index in [0.29, 0.717) is 23.1 Å². The number of amides is 1. The highest BCUT2D eigenvalue weighted by Gasteiger charge is 2.24. The van der Waals surface area contributed by atoms with Crippen LogP contribution in [0.25, 0.3) is 5.57 Å². The number of benzene rings is 1. The molecule has 0 fully saturated rings. The molecule has 7 heteroatoms. The molecule has 1 amide bonds. The topological polar surface area (TPSA) is 79.4 Å². The van der Waals surface area contributed by atoms with Gasteiger partial charge in [0.2, 0.25) is 5.91 Å². The van der Waals surface area contributed by atoms with Gasteiger partial charge in [0.15, 0.2) is 5.75 Å². The second kappa shape index (κ2) is 12.8. The third kappa shape index (κ3) is 6.23. The number of nitrogens with zero attached hydrogens (tertiary/aromatic N) is 2. The first-order valence-corrected chi connectivity index (χ1v) is 11.8. The molecule has 3 rings (SSSR count). The second-order valence-corrected chi connectivity index (χ2v) is 8.94. The van der Waals surface area contributed by atoms with Crippen molar-refractivity contribution in [2.45, 2.75) is 47.0 Å². The van der Waals surface area contributed by atoms with Crippen LogP contribution in [0, 0.1) is 0 Å². The summed E-state index contributed by atoms with van der Waals surface area (Å²) in [6, 6.07) is 3.92. The molecular formula is C25H33Br2N3O2. The number of carbonyl (C=O) groups excluding carboxylic acids is 1. The number of hydrogen-bond donors (Lipinski definition) is 2. The van der Waals surface area contributed by atoms with Gasteiger partial charge < -0.3 is 15.7 Å². The summed E-state index contributed by atoms with van der Waals surface area (Å²) < 4.78 is 1.58. The van der Waals surface area contributed by atoms with Crippen molar-refractivity contribution in [3.8, 4) is 5.75 Å². The van der Waals surface area contributed by atoms with E-state index in [1.54, 1.807) is 13.1 Å². The number of phenols is 1. The minimum Gasteiger partial charge on any atom is -0.505 e. The average Bonchev–Trinajstić information content (AvgIpc) is 2.89. The number of halogens is 2. The number of aromatic hydroxyl groups is 1. The molecule has 0 radical (unpaired) electrons. The number of carbonyl (C=O) groups is 1. The molecule has 2 aromatic rings. The fraction of sp³-hybridized carbons (Fsp3) is 0.360. The number of nitrogens with two attached hydrogens (primary N) is 1. The van der Waals surface area contributed by atoms with Crippen molar-refractivity contribution in [2.24, 2.45) is 0 Å². The van der Waals surface area contributed by atoms with E-state index in [2.05, 4.69) is 64.1 Å². The van der Waals surface area contributed by atoms with E-state index in [-0.39, 0.29) is 19.1 Å². The van der Waals surface area contributed by atoms with Crippen LogP contribution in [0.3, 0.4) is 0 Å². The zero-order valence-corrected chi connectivity index (χ0v) is 21.2. The fourth-order valence-corrected chi connectivity index (χ4v) is 4.77. The van der Waals surface area contributed by atoms with Crippen molar-refractivity contribution >= 4 is 49.0 Å². The Morgan fingerprint density at radius 3 is 2.59 bits per heavy atom. The molecule has 0 spiro atoms. The molecule has 1 aromatic heterocycles. The third-order valence-electron chi connectivity index (χ3n) is 5.18. The van der Waals surface area contributed by atoms with Crippen LogP contribution < -0.4 is 5.73 Å². The van der Waals surface area contributed by atoms with Crippen LogP contribution in [-0.4, -0.2) is 34.0 Å². The highest BCUT2D eigenvalue weighted by Crippen LogP contribution is 2.43. The monoisotopic (exact) mass is 565 g/mol. The van der Waals surface area contributed by atoms with Crippen molar-refractivity contribution < 1.29 is 9.90 Å². The molecule has 0 saturated heterocycles. The number of fused-ring (bicyclic) bond motifs is 2. The first-order valence-electron chi connectivity index (χ1n) is 10.2. The van der Waals surface area contributed by atoms with Gasteiger partial charge in [-0.3, -0.25) is 9.78 Å². The standard InChI is InChI=1S/C22H25Br2N3O2.C2H4.CH4/c1-3-8-27(13(2)28)9-4-5-17-18-11-19(25)22(29)20(24)16(18)7-6-14-10-15(23)12-26-21(14)17;1-2;/h5,10-12,29H,3-4,6-9,25H2,1-2H3;1-2H2;1H4/b17-5+;;. The van der Waals surface area contributed by atoms with Crippen LogP contribution in [0.5, 0.6) is 5.75 Å². The van der Waals surface area contributed by atoms with Gasteiger partial charge in [-0.2, -0.15) is 0 Å². The van der Waals surface area contributed by atoms with Gasteiger partial charge in [0.05, 0.1) is 15.9 Å². The zero-order valence-electron chi connectivity index (χ0n) is 18.0. The van der Waals surface area contributed by atoms with Crippen molar-refractivity contribution in [1.82, 2.24) is 9.88 Å². The van der Waals surface area contributed by atoms with Crippen LogP contribution in [0.15, 0.2) is 46.5 Å². The summed E-state index contributed by atoms with van der Waals surface area (Å²) in [6.45, 7) is 11.1. The van der Waals surface area contributed by atoms with E-state index >= 15 is 0 Å². The summed E-state index contributed by atoms with van der Waals surface area (Å²) >= 11 is 7.05. The molecule has 0 saturated carbocycles. The van der Waals surface area contributed by atoms with Crippen LogP contribution in [0.4, 0.5) is 5.69 Å². The zero-order chi connectivity index (χ0) is 23.1. The molecule has 5 nitrogen and oxygen atoms in total. The van der Waals surface area contributed by atoms with Crippen molar-refractivity contribution in [3.05, 3.63) is 68.9 Å². The molecule has 174 valence electrons. The molecule has 32 heavy (non-hydrogen) atoms. The maximum Gasteiger partial charge on any atom is 0.219 e. The summed E-state index contributed by atoms with van der Waals surface area (Å²) in [6.07, 6.45) is 7.16. The number of aromatic nitrogens is 1. The molecule has 1 aliphatic carbocycles. The SMILES string of the molecule is C.C=C.CCCN(CC/C=C1\c2cc(N)c(O)c(Br)c2CCc2cc(Br)cnc21)C(C)=O. The number of pyridine rings is 1. The number of rotatable bonds is 5. The van der Waals surface area contributed by atoms with Crippen LogP contribution in [0.2, 0.25) is 0 Å². The van der Waals surface area contributed by atoms with Gasteiger partial charge in [-0.15, -0.1) is 13.2 Å². The van der Waals surface area contributed by atoms with Gasteiger partial charge >= 0.3 is 0 Å². The van der Waals surface area contributed by atoms with E-state index in [4.69, 9.17) is 10.7 Å². The van der Waals surface area contributed by atoms with Crippen LogP contribution in [-0.2, 0) is 17.6 Å². The van der Waals surface area contributed by atoms with Gasteiger partial charge in [0.1, 0.15) is 0 Å². The fourth-order valence-electron chi connectivity index (χ4n) is 3.75.